The van der Waals surface area contributed by atoms with Crippen LogP contribution in [0.5, 0.6) is 0 Å². The molecule has 1 aromatic carbocycles. The van der Waals surface area contributed by atoms with Gasteiger partial charge < -0.3 is 10.2 Å². The second-order valence-corrected chi connectivity index (χ2v) is 6.70. The van der Waals surface area contributed by atoms with Gasteiger partial charge in [-0.25, -0.2) is 4.68 Å². The van der Waals surface area contributed by atoms with Crippen LogP contribution >= 0.6 is 23.4 Å². The van der Waals surface area contributed by atoms with Crippen LogP contribution in [0.15, 0.2) is 40.2 Å². The molecule has 9 heteroatoms. The molecule has 25 heavy (non-hydrogen) atoms. The Hall–Kier alpha value is -2.32. The van der Waals surface area contributed by atoms with E-state index in [1.807, 2.05) is 0 Å². The molecule has 1 N–H and O–H groups in total. The quantitative estimate of drug-likeness (QED) is 0.879. The standard InChI is InChI=1S/C16H15ClN4O3S/c1-2-20-14(23)9-25-12-7-18-21(16(24)15(12)20)8-13(22)19-11-6-4-3-5-10(11)17/h3-7H,2,8-9H2,1H3,(H,19,22). The highest BCUT2D eigenvalue weighted by Crippen LogP contribution is 2.31. The molecule has 0 unspecified atom stereocenters. The number of para-hydroxylation sites is 1. The van der Waals surface area contributed by atoms with Crippen LogP contribution in [0.25, 0.3) is 0 Å². The summed E-state index contributed by atoms with van der Waals surface area (Å²) in [6.07, 6.45) is 1.51. The van der Waals surface area contributed by atoms with E-state index in [-0.39, 0.29) is 23.9 Å². The molecule has 0 fully saturated rings. The normalized spacial score (nSPS) is 13.5. The minimum atomic E-state index is -0.464. The topological polar surface area (TPSA) is 84.3 Å². The smallest absolute Gasteiger partial charge is 0.292 e. The lowest BCUT2D eigenvalue weighted by Gasteiger charge is -2.26. The number of thioether (sulfide) groups is 1. The van der Waals surface area contributed by atoms with Crippen LogP contribution < -0.4 is 15.8 Å². The van der Waals surface area contributed by atoms with Crippen LogP contribution in [0.2, 0.25) is 5.02 Å². The van der Waals surface area contributed by atoms with Crippen molar-refractivity contribution in [1.82, 2.24) is 9.78 Å². The van der Waals surface area contributed by atoms with Crippen LogP contribution in [0, 0.1) is 0 Å². The van der Waals surface area contributed by atoms with E-state index in [1.165, 1.54) is 22.9 Å². The van der Waals surface area contributed by atoms with E-state index in [0.717, 1.165) is 4.68 Å². The first kappa shape index (κ1) is 17.5. The van der Waals surface area contributed by atoms with Crippen molar-refractivity contribution in [3.8, 4) is 0 Å². The average Bonchev–Trinajstić information content (AvgIpc) is 2.59. The fourth-order valence-corrected chi connectivity index (χ4v) is 3.57. The zero-order valence-electron chi connectivity index (χ0n) is 13.4. The van der Waals surface area contributed by atoms with E-state index in [2.05, 4.69) is 10.4 Å². The highest BCUT2D eigenvalue weighted by Gasteiger charge is 2.28. The summed E-state index contributed by atoms with van der Waals surface area (Å²) in [5, 5.41) is 7.09. The maximum atomic E-state index is 12.7. The fraction of sp³-hybridized carbons (Fsp3) is 0.250. The molecule has 2 amide bonds. The molecule has 3 rings (SSSR count). The maximum absolute atomic E-state index is 12.7. The Bertz CT molecular complexity index is 899. The van der Waals surface area contributed by atoms with E-state index in [0.29, 0.717) is 22.2 Å². The molecule has 2 aromatic rings. The number of nitrogens with zero attached hydrogens (tertiary/aromatic N) is 3. The lowest BCUT2D eigenvalue weighted by Crippen LogP contribution is -2.42. The largest absolute Gasteiger partial charge is 0.323 e. The van der Waals surface area contributed by atoms with Crippen LogP contribution in [-0.4, -0.2) is 33.9 Å². The Morgan fingerprint density at radius 2 is 2.12 bits per heavy atom. The third kappa shape index (κ3) is 3.54. The van der Waals surface area contributed by atoms with Crippen molar-refractivity contribution in [2.75, 3.05) is 22.5 Å². The van der Waals surface area contributed by atoms with Crippen molar-refractivity contribution >= 4 is 46.6 Å². The number of nitrogens with one attached hydrogen (secondary N) is 1. The van der Waals surface area contributed by atoms with Crippen molar-refractivity contribution in [2.24, 2.45) is 0 Å². The molecule has 1 aliphatic heterocycles. The molecule has 0 aliphatic carbocycles. The van der Waals surface area contributed by atoms with Crippen molar-refractivity contribution < 1.29 is 9.59 Å². The Balaban J connectivity index is 1.86. The number of anilines is 2. The van der Waals surface area contributed by atoms with Crippen LogP contribution in [0.1, 0.15) is 6.92 Å². The summed E-state index contributed by atoms with van der Waals surface area (Å²) in [7, 11) is 0. The van der Waals surface area contributed by atoms with Gasteiger partial charge in [0.05, 0.1) is 27.6 Å². The maximum Gasteiger partial charge on any atom is 0.292 e. The first-order valence-corrected chi connectivity index (χ1v) is 8.95. The molecule has 0 bridgehead atoms. The minimum absolute atomic E-state index is 0.129. The molecule has 7 nitrogen and oxygen atoms in total. The monoisotopic (exact) mass is 378 g/mol. The lowest BCUT2D eigenvalue weighted by molar-refractivity contribution is -0.117. The van der Waals surface area contributed by atoms with E-state index in [1.54, 1.807) is 31.2 Å². The van der Waals surface area contributed by atoms with E-state index < -0.39 is 11.5 Å². The third-order valence-corrected chi connectivity index (χ3v) is 5.00. The van der Waals surface area contributed by atoms with E-state index in [4.69, 9.17) is 11.6 Å². The van der Waals surface area contributed by atoms with Crippen molar-refractivity contribution in [3.05, 3.63) is 45.8 Å². The number of fused-ring (bicyclic) bond motifs is 1. The summed E-state index contributed by atoms with van der Waals surface area (Å²) in [6, 6.07) is 6.81. The molecule has 1 aliphatic rings. The van der Waals surface area contributed by atoms with Crippen LogP contribution in [-0.2, 0) is 16.1 Å². The summed E-state index contributed by atoms with van der Waals surface area (Å²) in [4.78, 5) is 39.0. The lowest BCUT2D eigenvalue weighted by atomic mass is 10.3. The Kier molecular flexibility index (Phi) is 5.10. The second-order valence-electron chi connectivity index (χ2n) is 5.27. The SMILES string of the molecule is CCN1C(=O)CSc2cnn(CC(=O)Nc3ccccc3Cl)c(=O)c21. The average molecular weight is 379 g/mol. The number of halogens is 1. The van der Waals surface area contributed by atoms with Gasteiger partial charge in [-0.05, 0) is 19.1 Å². The van der Waals surface area contributed by atoms with Gasteiger partial charge in [0, 0.05) is 6.54 Å². The molecule has 0 saturated heterocycles. The van der Waals surface area contributed by atoms with Gasteiger partial charge in [-0.15, -0.1) is 11.8 Å². The van der Waals surface area contributed by atoms with Crippen LogP contribution in [0.4, 0.5) is 11.4 Å². The zero-order chi connectivity index (χ0) is 18.0. The number of aromatic nitrogens is 2. The second kappa shape index (κ2) is 7.28. The highest BCUT2D eigenvalue weighted by atomic mass is 35.5. The summed E-state index contributed by atoms with van der Waals surface area (Å²) in [5.74, 6) is -0.283. The molecule has 0 atom stereocenters. The fourth-order valence-electron chi connectivity index (χ4n) is 2.49. The van der Waals surface area contributed by atoms with E-state index >= 15 is 0 Å². The summed E-state index contributed by atoms with van der Waals surface area (Å²) in [5.41, 5.74) is 0.277. The van der Waals surface area contributed by atoms with Gasteiger partial charge in [-0.3, -0.25) is 14.4 Å². The molecule has 0 spiro atoms. The summed E-state index contributed by atoms with van der Waals surface area (Å²) in [6.45, 7) is 1.91. The molecule has 2 heterocycles. The van der Waals surface area contributed by atoms with Crippen molar-refractivity contribution in [1.29, 1.82) is 0 Å². The Morgan fingerprint density at radius 1 is 1.36 bits per heavy atom. The van der Waals surface area contributed by atoms with Gasteiger partial charge in [0.1, 0.15) is 12.2 Å². The van der Waals surface area contributed by atoms with Gasteiger partial charge >= 0.3 is 0 Å². The van der Waals surface area contributed by atoms with Crippen molar-refractivity contribution in [3.63, 3.8) is 0 Å². The molecule has 1 aromatic heterocycles. The molecular formula is C16H15ClN4O3S. The number of benzene rings is 1. The number of carbonyl (C=O) groups is 2. The van der Waals surface area contributed by atoms with Crippen molar-refractivity contribution in [2.45, 2.75) is 18.4 Å². The first-order valence-electron chi connectivity index (χ1n) is 7.59. The number of rotatable bonds is 4. The first-order chi connectivity index (χ1) is 12.0. The third-order valence-electron chi connectivity index (χ3n) is 3.66. The van der Waals surface area contributed by atoms with Gasteiger partial charge in [-0.1, -0.05) is 23.7 Å². The number of hydrogen-bond donors (Lipinski definition) is 1. The van der Waals surface area contributed by atoms with E-state index in [9.17, 15) is 14.4 Å². The number of hydrogen-bond acceptors (Lipinski definition) is 5. The molecule has 0 saturated carbocycles. The Morgan fingerprint density at radius 3 is 2.84 bits per heavy atom. The van der Waals surface area contributed by atoms with Gasteiger partial charge in [0.25, 0.3) is 5.56 Å². The molecular weight excluding hydrogens is 364 g/mol. The number of amides is 2. The summed E-state index contributed by atoms with van der Waals surface area (Å²) >= 11 is 7.28. The minimum Gasteiger partial charge on any atom is -0.323 e. The Labute approximate surface area is 153 Å². The van der Waals surface area contributed by atoms with Crippen LogP contribution in [0.3, 0.4) is 0 Å². The summed E-state index contributed by atoms with van der Waals surface area (Å²) < 4.78 is 1.05. The van der Waals surface area contributed by atoms with Gasteiger partial charge in [0.2, 0.25) is 11.8 Å². The predicted molar refractivity (Wildman–Crippen MR) is 97.3 cm³/mol. The zero-order valence-corrected chi connectivity index (χ0v) is 14.9. The molecule has 130 valence electrons. The van der Waals surface area contributed by atoms with Gasteiger partial charge in [0.15, 0.2) is 0 Å². The highest BCUT2D eigenvalue weighted by molar-refractivity contribution is 8.00. The molecule has 0 radical (unpaired) electrons. The predicted octanol–water partition coefficient (Wildman–Crippen LogP) is 1.99. The number of carbonyl (C=O) groups excluding carboxylic acids is 2. The van der Waals surface area contributed by atoms with Gasteiger partial charge in [-0.2, -0.15) is 5.10 Å².